The molecule has 0 N–H and O–H groups in total. The van der Waals surface area contributed by atoms with E-state index in [1.807, 2.05) is 12.1 Å². The molecule has 0 aromatic heterocycles. The Labute approximate surface area is 153 Å². The first kappa shape index (κ1) is 18.5. The molecule has 1 aromatic rings. The Hall–Kier alpha value is -1.31. The van der Waals surface area contributed by atoms with E-state index >= 15 is 0 Å². The van der Waals surface area contributed by atoms with Gasteiger partial charge in [0.15, 0.2) is 0 Å². The maximum atomic E-state index is 12.4. The van der Waals surface area contributed by atoms with Crippen molar-refractivity contribution < 1.29 is 9.53 Å². The van der Waals surface area contributed by atoms with Gasteiger partial charge in [0.05, 0.1) is 5.92 Å². The maximum Gasteiger partial charge on any atom is 0.314 e. The van der Waals surface area contributed by atoms with E-state index in [2.05, 4.69) is 26.0 Å². The Balaban J connectivity index is 1.49. The third-order valence-corrected chi connectivity index (χ3v) is 6.46. The molecule has 2 saturated carbocycles. The summed E-state index contributed by atoms with van der Waals surface area (Å²) in [5.41, 5.74) is 1.41. The lowest BCUT2D eigenvalue weighted by Crippen LogP contribution is -2.25. The average molecular weight is 343 g/mol. The topological polar surface area (TPSA) is 26.3 Å². The molecule has 1 aromatic carbocycles. The third kappa shape index (κ3) is 5.09. The number of benzene rings is 1. The number of carbonyl (C=O) groups is 1. The molecule has 0 saturated heterocycles. The van der Waals surface area contributed by atoms with Gasteiger partial charge in [0.2, 0.25) is 0 Å². The molecule has 138 valence electrons. The lowest BCUT2D eigenvalue weighted by Gasteiger charge is -2.27. The fraction of sp³-hybridized carbons (Fsp3) is 0.696. The van der Waals surface area contributed by atoms with Gasteiger partial charge in [-0.05, 0) is 74.0 Å². The van der Waals surface area contributed by atoms with Crippen molar-refractivity contribution in [3.8, 4) is 5.75 Å². The van der Waals surface area contributed by atoms with Crippen LogP contribution >= 0.6 is 0 Å². The van der Waals surface area contributed by atoms with Crippen LogP contribution in [0.1, 0.15) is 89.5 Å². The number of hydrogen-bond donors (Lipinski definition) is 0. The first-order valence-electron chi connectivity index (χ1n) is 10.5. The van der Waals surface area contributed by atoms with E-state index in [4.69, 9.17) is 4.74 Å². The standard InChI is InChI=1S/C23H34O2/c1-3-4-18-7-11-21(12-8-18)23(24)25-22-15-13-20(14-16-22)19-9-5-17(2)6-10-19/h13-19,21H,3-12H2,1-2H3. The first-order chi connectivity index (χ1) is 12.2. The largest absolute Gasteiger partial charge is 0.426 e. The molecule has 0 unspecified atom stereocenters. The zero-order valence-corrected chi connectivity index (χ0v) is 16.0. The summed E-state index contributed by atoms with van der Waals surface area (Å²) in [6.45, 7) is 4.60. The molecule has 2 aliphatic rings. The molecular weight excluding hydrogens is 308 g/mol. The van der Waals surface area contributed by atoms with Gasteiger partial charge in [-0.1, -0.05) is 51.7 Å². The van der Waals surface area contributed by atoms with Crippen LogP contribution in [0.3, 0.4) is 0 Å². The van der Waals surface area contributed by atoms with Crippen LogP contribution < -0.4 is 4.74 Å². The molecule has 0 heterocycles. The fourth-order valence-electron chi connectivity index (χ4n) is 4.70. The Morgan fingerprint density at radius 3 is 2.20 bits per heavy atom. The Morgan fingerprint density at radius 2 is 1.60 bits per heavy atom. The summed E-state index contributed by atoms with van der Waals surface area (Å²) < 4.78 is 5.67. The van der Waals surface area contributed by atoms with Gasteiger partial charge < -0.3 is 4.74 Å². The molecule has 0 amide bonds. The van der Waals surface area contributed by atoms with Crippen LogP contribution in [0.2, 0.25) is 0 Å². The minimum atomic E-state index is -0.0193. The van der Waals surface area contributed by atoms with Crippen molar-refractivity contribution in [2.45, 2.75) is 84.0 Å². The van der Waals surface area contributed by atoms with E-state index in [0.29, 0.717) is 11.7 Å². The quantitative estimate of drug-likeness (QED) is 0.451. The molecule has 0 aliphatic heterocycles. The zero-order valence-electron chi connectivity index (χ0n) is 16.0. The van der Waals surface area contributed by atoms with Crippen LogP contribution in [-0.2, 0) is 4.79 Å². The van der Waals surface area contributed by atoms with Gasteiger partial charge in [-0.15, -0.1) is 0 Å². The summed E-state index contributed by atoms with van der Waals surface area (Å²) in [5, 5.41) is 0. The smallest absolute Gasteiger partial charge is 0.314 e. The molecule has 3 rings (SSSR count). The van der Waals surface area contributed by atoms with Crippen LogP contribution in [-0.4, -0.2) is 5.97 Å². The van der Waals surface area contributed by atoms with Crippen molar-refractivity contribution >= 4 is 5.97 Å². The van der Waals surface area contributed by atoms with Crippen molar-refractivity contribution in [2.75, 3.05) is 0 Å². The minimum Gasteiger partial charge on any atom is -0.426 e. The summed E-state index contributed by atoms with van der Waals surface area (Å²) in [6, 6.07) is 8.32. The van der Waals surface area contributed by atoms with Crippen molar-refractivity contribution in [3.05, 3.63) is 29.8 Å². The van der Waals surface area contributed by atoms with Crippen LogP contribution in [0, 0.1) is 17.8 Å². The summed E-state index contributed by atoms with van der Waals surface area (Å²) in [4.78, 5) is 12.4. The van der Waals surface area contributed by atoms with E-state index in [-0.39, 0.29) is 11.9 Å². The van der Waals surface area contributed by atoms with Crippen LogP contribution in [0.4, 0.5) is 0 Å². The summed E-state index contributed by atoms with van der Waals surface area (Å²) in [7, 11) is 0. The van der Waals surface area contributed by atoms with Gasteiger partial charge in [-0.2, -0.15) is 0 Å². The van der Waals surface area contributed by atoms with Crippen molar-refractivity contribution in [1.29, 1.82) is 0 Å². The van der Waals surface area contributed by atoms with E-state index in [1.54, 1.807) is 0 Å². The van der Waals surface area contributed by atoms with E-state index in [9.17, 15) is 4.79 Å². The molecule has 2 aliphatic carbocycles. The number of carbonyl (C=O) groups excluding carboxylic acids is 1. The van der Waals surface area contributed by atoms with Crippen molar-refractivity contribution in [1.82, 2.24) is 0 Å². The van der Waals surface area contributed by atoms with Gasteiger partial charge in [0.25, 0.3) is 0 Å². The lowest BCUT2D eigenvalue weighted by atomic mass is 9.79. The number of esters is 1. The normalized spacial score (nSPS) is 30.0. The second-order valence-corrected chi connectivity index (χ2v) is 8.45. The van der Waals surface area contributed by atoms with Gasteiger partial charge in [-0.3, -0.25) is 4.79 Å². The summed E-state index contributed by atoms with van der Waals surface area (Å²) in [6.07, 6.45) is 12.2. The minimum absolute atomic E-state index is 0.0193. The van der Waals surface area contributed by atoms with E-state index in [1.165, 1.54) is 56.9 Å². The first-order valence-corrected chi connectivity index (χ1v) is 10.5. The zero-order chi connectivity index (χ0) is 17.6. The highest BCUT2D eigenvalue weighted by atomic mass is 16.5. The highest BCUT2D eigenvalue weighted by Gasteiger charge is 2.27. The van der Waals surface area contributed by atoms with Gasteiger partial charge in [-0.25, -0.2) is 0 Å². The van der Waals surface area contributed by atoms with E-state index in [0.717, 1.165) is 24.7 Å². The SMILES string of the molecule is CCCC1CCC(C(=O)Oc2ccc(C3CCC(C)CC3)cc2)CC1. The predicted molar refractivity (Wildman–Crippen MR) is 103 cm³/mol. The Morgan fingerprint density at radius 1 is 0.960 bits per heavy atom. The molecule has 0 spiro atoms. The molecular formula is C23H34O2. The highest BCUT2D eigenvalue weighted by molar-refractivity contribution is 5.75. The molecule has 2 fully saturated rings. The molecule has 0 bridgehead atoms. The number of ether oxygens (including phenoxy) is 1. The Bertz CT molecular complexity index is 532. The lowest BCUT2D eigenvalue weighted by molar-refractivity contribution is -0.140. The third-order valence-electron chi connectivity index (χ3n) is 6.46. The second kappa shape index (κ2) is 8.87. The van der Waals surface area contributed by atoms with Gasteiger partial charge >= 0.3 is 5.97 Å². The van der Waals surface area contributed by atoms with Gasteiger partial charge in [0, 0.05) is 0 Å². The fourth-order valence-corrected chi connectivity index (χ4v) is 4.70. The number of rotatable bonds is 5. The van der Waals surface area contributed by atoms with Gasteiger partial charge in [0.1, 0.15) is 5.75 Å². The van der Waals surface area contributed by atoms with Crippen LogP contribution in [0.25, 0.3) is 0 Å². The van der Waals surface area contributed by atoms with E-state index < -0.39 is 0 Å². The molecule has 2 heteroatoms. The van der Waals surface area contributed by atoms with Crippen molar-refractivity contribution in [2.24, 2.45) is 17.8 Å². The molecule has 25 heavy (non-hydrogen) atoms. The van der Waals surface area contributed by atoms with Crippen LogP contribution in [0.15, 0.2) is 24.3 Å². The summed E-state index contributed by atoms with van der Waals surface area (Å²) in [5.74, 6) is 3.20. The van der Waals surface area contributed by atoms with Crippen molar-refractivity contribution in [3.63, 3.8) is 0 Å². The Kier molecular flexibility index (Phi) is 6.56. The average Bonchev–Trinajstić information content (AvgIpc) is 2.64. The second-order valence-electron chi connectivity index (χ2n) is 8.45. The molecule has 0 atom stereocenters. The van der Waals surface area contributed by atoms with Crippen LogP contribution in [0.5, 0.6) is 5.75 Å². The number of hydrogen-bond acceptors (Lipinski definition) is 2. The predicted octanol–water partition coefficient (Wildman–Crippen LogP) is 6.49. The monoisotopic (exact) mass is 342 g/mol. The summed E-state index contributed by atoms with van der Waals surface area (Å²) >= 11 is 0. The molecule has 0 radical (unpaired) electrons. The highest BCUT2D eigenvalue weighted by Crippen LogP contribution is 2.36. The molecule has 2 nitrogen and oxygen atoms in total. The maximum absolute atomic E-state index is 12.4.